The topological polar surface area (TPSA) is 66.5 Å². The molecular weight excluding hydrogens is 416 g/mol. The van der Waals surface area contributed by atoms with Crippen LogP contribution < -0.4 is 9.62 Å². The van der Waals surface area contributed by atoms with E-state index in [1.807, 2.05) is 44.4 Å². The molecule has 1 N–H and O–H groups in total. The van der Waals surface area contributed by atoms with Gasteiger partial charge in [0.2, 0.25) is 5.91 Å². The molecule has 0 heterocycles. The lowest BCUT2D eigenvalue weighted by atomic mass is 10.2. The largest absolute Gasteiger partial charge is 0.323 e. The van der Waals surface area contributed by atoms with E-state index in [0.717, 1.165) is 20.3 Å². The molecule has 3 rings (SSSR count). The molecule has 0 fully saturated rings. The van der Waals surface area contributed by atoms with Gasteiger partial charge in [0.05, 0.1) is 16.3 Å². The fraction of sp³-hybridized carbons (Fsp3) is 0.174. The van der Waals surface area contributed by atoms with Gasteiger partial charge in [-0.1, -0.05) is 42.0 Å². The first-order valence-corrected chi connectivity index (χ1v) is 12.1. The average molecular weight is 441 g/mol. The quantitative estimate of drug-likeness (QED) is 0.533. The van der Waals surface area contributed by atoms with Crippen LogP contribution in [0.2, 0.25) is 0 Å². The molecule has 156 valence electrons. The Hall–Kier alpha value is -2.77. The first-order chi connectivity index (χ1) is 14.3. The first kappa shape index (κ1) is 21.9. The molecule has 3 aromatic rings. The molecule has 0 spiro atoms. The fourth-order valence-electron chi connectivity index (χ4n) is 3.00. The fourth-order valence-corrected chi connectivity index (χ4v) is 4.97. The molecule has 7 heteroatoms. The second-order valence-corrected chi connectivity index (χ2v) is 9.62. The van der Waals surface area contributed by atoms with Crippen LogP contribution in [0, 0.1) is 13.8 Å². The number of hydrogen-bond acceptors (Lipinski definition) is 4. The number of carbonyl (C=O) groups excluding carboxylic acids is 1. The lowest BCUT2D eigenvalue weighted by molar-refractivity contribution is -0.114. The van der Waals surface area contributed by atoms with Crippen molar-refractivity contribution in [2.45, 2.75) is 23.6 Å². The molecule has 0 aliphatic rings. The minimum atomic E-state index is -3.92. The third-order valence-electron chi connectivity index (χ3n) is 4.57. The number of nitrogens with zero attached hydrogens (tertiary/aromatic N) is 1. The van der Waals surface area contributed by atoms with Crippen molar-refractivity contribution in [3.63, 3.8) is 0 Å². The highest BCUT2D eigenvalue weighted by molar-refractivity contribution is 7.98. The van der Waals surface area contributed by atoms with Gasteiger partial charge in [0.1, 0.15) is 6.54 Å². The van der Waals surface area contributed by atoms with E-state index < -0.39 is 15.9 Å². The van der Waals surface area contributed by atoms with Crippen molar-refractivity contribution in [3.05, 3.63) is 83.9 Å². The zero-order chi connectivity index (χ0) is 21.7. The second-order valence-electron chi connectivity index (χ2n) is 6.91. The van der Waals surface area contributed by atoms with E-state index in [-0.39, 0.29) is 11.4 Å². The van der Waals surface area contributed by atoms with Crippen molar-refractivity contribution >= 4 is 39.1 Å². The van der Waals surface area contributed by atoms with Gasteiger partial charge in [0.15, 0.2) is 0 Å². The molecule has 0 bridgehead atoms. The van der Waals surface area contributed by atoms with Crippen LogP contribution in [0.1, 0.15) is 11.1 Å². The van der Waals surface area contributed by atoms with Gasteiger partial charge in [-0.3, -0.25) is 9.10 Å². The van der Waals surface area contributed by atoms with Crippen LogP contribution >= 0.6 is 11.8 Å². The van der Waals surface area contributed by atoms with E-state index in [1.54, 1.807) is 48.5 Å². The van der Waals surface area contributed by atoms with Crippen LogP contribution in [0.15, 0.2) is 82.6 Å². The van der Waals surface area contributed by atoms with Crippen molar-refractivity contribution in [2.24, 2.45) is 0 Å². The molecule has 0 saturated carbocycles. The van der Waals surface area contributed by atoms with Gasteiger partial charge in [0.25, 0.3) is 10.0 Å². The van der Waals surface area contributed by atoms with Gasteiger partial charge in [-0.25, -0.2) is 8.42 Å². The molecule has 0 saturated heterocycles. The minimum Gasteiger partial charge on any atom is -0.323 e. The van der Waals surface area contributed by atoms with Gasteiger partial charge in [-0.05, 0) is 62.1 Å². The molecule has 0 aromatic heterocycles. The monoisotopic (exact) mass is 440 g/mol. The third-order valence-corrected chi connectivity index (χ3v) is 7.15. The summed E-state index contributed by atoms with van der Waals surface area (Å²) >= 11 is 1.51. The van der Waals surface area contributed by atoms with Crippen LogP contribution in [0.25, 0.3) is 0 Å². The van der Waals surface area contributed by atoms with Crippen LogP contribution in [-0.2, 0) is 14.8 Å². The Morgan fingerprint density at radius 2 is 1.63 bits per heavy atom. The van der Waals surface area contributed by atoms with Crippen molar-refractivity contribution in [1.29, 1.82) is 0 Å². The number of amides is 1. The Labute approximate surface area is 182 Å². The molecule has 3 aromatic carbocycles. The summed E-state index contributed by atoms with van der Waals surface area (Å²) in [5, 5.41) is 2.84. The number of sulfonamides is 1. The van der Waals surface area contributed by atoms with Crippen molar-refractivity contribution in [3.8, 4) is 0 Å². The van der Waals surface area contributed by atoms with Gasteiger partial charge < -0.3 is 5.32 Å². The SMILES string of the molecule is CSc1ccccc1NC(=O)CN(c1cccc(C)c1)S(=O)(=O)c1ccc(C)cc1. The normalized spacial score (nSPS) is 11.2. The highest BCUT2D eigenvalue weighted by Crippen LogP contribution is 2.27. The summed E-state index contributed by atoms with van der Waals surface area (Å²) in [6.07, 6.45) is 1.92. The number of rotatable bonds is 7. The summed E-state index contributed by atoms with van der Waals surface area (Å²) < 4.78 is 28.0. The van der Waals surface area contributed by atoms with Crippen molar-refractivity contribution < 1.29 is 13.2 Å². The number of carbonyl (C=O) groups is 1. The van der Waals surface area contributed by atoms with E-state index in [9.17, 15) is 13.2 Å². The van der Waals surface area contributed by atoms with Gasteiger partial charge in [-0.2, -0.15) is 0 Å². The van der Waals surface area contributed by atoms with Crippen LogP contribution in [0.5, 0.6) is 0 Å². The summed E-state index contributed by atoms with van der Waals surface area (Å²) in [6, 6.07) is 21.2. The zero-order valence-corrected chi connectivity index (χ0v) is 18.8. The Kier molecular flexibility index (Phi) is 6.84. The second kappa shape index (κ2) is 9.36. The Morgan fingerprint density at radius 1 is 0.933 bits per heavy atom. The smallest absolute Gasteiger partial charge is 0.264 e. The van der Waals surface area contributed by atoms with E-state index in [2.05, 4.69) is 5.32 Å². The Morgan fingerprint density at radius 3 is 2.30 bits per heavy atom. The lowest BCUT2D eigenvalue weighted by Gasteiger charge is -2.24. The number of thioether (sulfide) groups is 1. The maximum atomic E-state index is 13.4. The Balaban J connectivity index is 1.96. The van der Waals surface area contributed by atoms with E-state index in [0.29, 0.717) is 11.4 Å². The predicted octanol–water partition coefficient (Wildman–Crippen LogP) is 4.86. The number of hydrogen-bond donors (Lipinski definition) is 1. The van der Waals surface area contributed by atoms with Crippen LogP contribution in [0.3, 0.4) is 0 Å². The van der Waals surface area contributed by atoms with E-state index in [1.165, 1.54) is 11.8 Å². The third kappa shape index (κ3) is 5.04. The highest BCUT2D eigenvalue weighted by Gasteiger charge is 2.27. The van der Waals surface area contributed by atoms with Crippen LogP contribution in [0.4, 0.5) is 11.4 Å². The molecule has 0 radical (unpaired) electrons. The summed E-state index contributed by atoms with van der Waals surface area (Å²) in [7, 11) is -3.92. The first-order valence-electron chi connectivity index (χ1n) is 9.40. The van der Waals surface area contributed by atoms with E-state index >= 15 is 0 Å². The summed E-state index contributed by atoms with van der Waals surface area (Å²) in [5.41, 5.74) is 2.98. The van der Waals surface area contributed by atoms with Gasteiger partial charge in [0, 0.05) is 4.90 Å². The van der Waals surface area contributed by atoms with Crippen LogP contribution in [-0.4, -0.2) is 27.1 Å². The number of anilines is 2. The molecule has 1 amide bonds. The number of aryl methyl sites for hydroxylation is 2. The molecule has 30 heavy (non-hydrogen) atoms. The van der Waals surface area contributed by atoms with E-state index in [4.69, 9.17) is 0 Å². The van der Waals surface area contributed by atoms with Gasteiger partial charge in [-0.15, -0.1) is 11.8 Å². The molecule has 0 unspecified atom stereocenters. The molecular formula is C23H24N2O3S2. The molecule has 5 nitrogen and oxygen atoms in total. The number of nitrogens with one attached hydrogen (secondary N) is 1. The highest BCUT2D eigenvalue weighted by atomic mass is 32.2. The zero-order valence-electron chi connectivity index (χ0n) is 17.1. The number of benzene rings is 3. The lowest BCUT2D eigenvalue weighted by Crippen LogP contribution is -2.38. The maximum absolute atomic E-state index is 13.4. The standard InChI is InChI=1S/C23H24N2O3S2/c1-17-11-13-20(14-12-17)30(27,28)25(19-8-6-7-18(2)15-19)16-23(26)24-21-9-4-5-10-22(21)29-3/h4-15H,16H2,1-3H3,(H,24,26). The summed E-state index contributed by atoms with van der Waals surface area (Å²) in [5.74, 6) is -0.409. The summed E-state index contributed by atoms with van der Waals surface area (Å²) in [6.45, 7) is 3.45. The average Bonchev–Trinajstić information content (AvgIpc) is 2.72. The molecule has 0 atom stereocenters. The Bertz CT molecular complexity index is 1140. The van der Waals surface area contributed by atoms with Gasteiger partial charge >= 0.3 is 0 Å². The maximum Gasteiger partial charge on any atom is 0.264 e. The van der Waals surface area contributed by atoms with Crippen molar-refractivity contribution in [1.82, 2.24) is 0 Å². The summed E-state index contributed by atoms with van der Waals surface area (Å²) in [4.78, 5) is 13.9. The number of para-hydroxylation sites is 1. The molecule has 0 aliphatic carbocycles. The minimum absolute atomic E-state index is 0.145. The molecule has 0 aliphatic heterocycles. The van der Waals surface area contributed by atoms with Crippen molar-refractivity contribution in [2.75, 3.05) is 22.4 Å². The predicted molar refractivity (Wildman–Crippen MR) is 124 cm³/mol.